The van der Waals surface area contributed by atoms with E-state index in [-0.39, 0.29) is 0 Å². The Morgan fingerprint density at radius 2 is 2.06 bits per heavy atom. The molecule has 102 valence electrons. The summed E-state index contributed by atoms with van der Waals surface area (Å²) in [5.41, 5.74) is 1.01. The molecule has 0 saturated heterocycles. The molecule has 0 aliphatic carbocycles. The zero-order valence-corrected chi connectivity index (χ0v) is 12.0. The van der Waals surface area contributed by atoms with Crippen molar-refractivity contribution >= 4 is 5.82 Å². The molecule has 0 amide bonds. The topological polar surface area (TPSA) is 47.0 Å². The Labute approximate surface area is 110 Å². The smallest absolute Gasteiger partial charge is 0.133 e. The lowest BCUT2D eigenvalue weighted by Crippen LogP contribution is -2.09. The van der Waals surface area contributed by atoms with Crippen molar-refractivity contribution < 1.29 is 4.74 Å². The van der Waals surface area contributed by atoms with E-state index in [1.165, 1.54) is 0 Å². The van der Waals surface area contributed by atoms with E-state index in [0.717, 1.165) is 49.9 Å². The second kappa shape index (κ2) is 8.03. The summed E-state index contributed by atoms with van der Waals surface area (Å²) in [6, 6.07) is 1.98. The zero-order chi connectivity index (χ0) is 13.4. The molecule has 4 nitrogen and oxygen atoms in total. The van der Waals surface area contributed by atoms with Crippen molar-refractivity contribution in [2.24, 2.45) is 0 Å². The Kier molecular flexibility index (Phi) is 6.65. The van der Waals surface area contributed by atoms with E-state index in [9.17, 15) is 0 Å². The summed E-state index contributed by atoms with van der Waals surface area (Å²) in [5.74, 6) is 2.18. The van der Waals surface area contributed by atoms with Gasteiger partial charge >= 0.3 is 0 Å². The second-order valence-corrected chi connectivity index (χ2v) is 4.80. The van der Waals surface area contributed by atoms with E-state index >= 15 is 0 Å². The van der Waals surface area contributed by atoms with Crippen LogP contribution in [0.5, 0.6) is 0 Å². The van der Waals surface area contributed by atoms with Crippen molar-refractivity contribution in [2.75, 3.05) is 25.1 Å². The molecule has 0 fully saturated rings. The monoisotopic (exact) mass is 251 g/mol. The van der Waals surface area contributed by atoms with Gasteiger partial charge in [-0.3, -0.25) is 0 Å². The quantitative estimate of drug-likeness (QED) is 0.721. The average Bonchev–Trinajstić information content (AvgIpc) is 2.33. The van der Waals surface area contributed by atoms with Gasteiger partial charge in [0.25, 0.3) is 0 Å². The molecule has 18 heavy (non-hydrogen) atoms. The fraction of sp³-hybridized carbons (Fsp3) is 0.714. The maximum Gasteiger partial charge on any atom is 0.133 e. The molecular weight excluding hydrogens is 226 g/mol. The highest BCUT2D eigenvalue weighted by Crippen LogP contribution is 2.13. The predicted octanol–water partition coefficient (Wildman–Crippen LogP) is 3.14. The van der Waals surface area contributed by atoms with Crippen LogP contribution < -0.4 is 5.32 Å². The third-order valence-corrected chi connectivity index (χ3v) is 2.51. The molecule has 1 rings (SSSR count). The Hall–Kier alpha value is -1.16. The van der Waals surface area contributed by atoms with Crippen LogP contribution in [-0.2, 0) is 4.74 Å². The first-order valence-electron chi connectivity index (χ1n) is 6.80. The standard InChI is InChI=1S/C14H25N3O/c1-5-8-18-9-6-7-15-13-10-12(4)16-14(17-13)11(2)3/h10-11H,5-9H2,1-4H3,(H,15,16,17). The molecule has 1 aromatic heterocycles. The van der Waals surface area contributed by atoms with Gasteiger partial charge in [0.1, 0.15) is 11.6 Å². The number of anilines is 1. The van der Waals surface area contributed by atoms with E-state index in [0.29, 0.717) is 5.92 Å². The summed E-state index contributed by atoms with van der Waals surface area (Å²) in [7, 11) is 0. The Bertz CT molecular complexity index is 353. The van der Waals surface area contributed by atoms with Crippen LogP contribution in [0, 0.1) is 6.92 Å². The highest BCUT2D eigenvalue weighted by Gasteiger charge is 2.05. The van der Waals surface area contributed by atoms with Gasteiger partial charge in [0, 0.05) is 37.4 Å². The first-order valence-corrected chi connectivity index (χ1v) is 6.80. The van der Waals surface area contributed by atoms with Crippen LogP contribution in [0.2, 0.25) is 0 Å². The predicted molar refractivity (Wildman–Crippen MR) is 75.1 cm³/mol. The maximum absolute atomic E-state index is 5.43. The molecule has 0 aromatic carbocycles. The van der Waals surface area contributed by atoms with E-state index < -0.39 is 0 Å². The van der Waals surface area contributed by atoms with Crippen molar-refractivity contribution in [3.8, 4) is 0 Å². The molecular formula is C14H25N3O. The number of aryl methyl sites for hydroxylation is 1. The normalized spacial score (nSPS) is 10.9. The van der Waals surface area contributed by atoms with E-state index in [2.05, 4.69) is 36.1 Å². The SMILES string of the molecule is CCCOCCCNc1cc(C)nc(C(C)C)n1. The summed E-state index contributed by atoms with van der Waals surface area (Å²) in [4.78, 5) is 8.93. The molecule has 1 N–H and O–H groups in total. The number of nitrogens with zero attached hydrogens (tertiary/aromatic N) is 2. The van der Waals surface area contributed by atoms with Crippen LogP contribution in [0.15, 0.2) is 6.07 Å². The molecule has 0 unspecified atom stereocenters. The van der Waals surface area contributed by atoms with Gasteiger partial charge in [0.05, 0.1) is 0 Å². The van der Waals surface area contributed by atoms with Crippen molar-refractivity contribution in [2.45, 2.75) is 46.5 Å². The van der Waals surface area contributed by atoms with Crippen LogP contribution in [0.25, 0.3) is 0 Å². The first-order chi connectivity index (χ1) is 8.63. The van der Waals surface area contributed by atoms with Crippen LogP contribution in [0.4, 0.5) is 5.82 Å². The van der Waals surface area contributed by atoms with Crippen LogP contribution >= 0.6 is 0 Å². The summed E-state index contributed by atoms with van der Waals surface area (Å²) >= 11 is 0. The van der Waals surface area contributed by atoms with Gasteiger partial charge in [-0.2, -0.15) is 0 Å². The number of nitrogens with one attached hydrogen (secondary N) is 1. The number of rotatable bonds is 8. The highest BCUT2D eigenvalue weighted by atomic mass is 16.5. The number of ether oxygens (including phenoxy) is 1. The van der Waals surface area contributed by atoms with Gasteiger partial charge in [-0.25, -0.2) is 9.97 Å². The fourth-order valence-corrected chi connectivity index (χ4v) is 1.58. The van der Waals surface area contributed by atoms with E-state index in [1.807, 2.05) is 13.0 Å². The number of aromatic nitrogens is 2. The van der Waals surface area contributed by atoms with Crippen LogP contribution in [0.1, 0.15) is 51.0 Å². The minimum atomic E-state index is 0.360. The molecule has 0 saturated carbocycles. The first kappa shape index (κ1) is 14.9. The van der Waals surface area contributed by atoms with Gasteiger partial charge in [0.2, 0.25) is 0 Å². The molecule has 0 radical (unpaired) electrons. The Morgan fingerprint density at radius 1 is 1.28 bits per heavy atom. The molecule has 0 aliphatic heterocycles. The zero-order valence-electron chi connectivity index (χ0n) is 12.0. The largest absolute Gasteiger partial charge is 0.381 e. The second-order valence-electron chi connectivity index (χ2n) is 4.80. The summed E-state index contributed by atoms with van der Waals surface area (Å²) in [6.45, 7) is 10.9. The third kappa shape index (κ3) is 5.45. The Morgan fingerprint density at radius 3 is 2.72 bits per heavy atom. The van der Waals surface area contributed by atoms with E-state index in [1.54, 1.807) is 0 Å². The lowest BCUT2D eigenvalue weighted by Gasteiger charge is -2.10. The minimum Gasteiger partial charge on any atom is -0.381 e. The summed E-state index contributed by atoms with van der Waals surface area (Å²) in [5, 5.41) is 3.33. The molecule has 1 heterocycles. The van der Waals surface area contributed by atoms with E-state index in [4.69, 9.17) is 4.74 Å². The van der Waals surface area contributed by atoms with Crippen molar-refractivity contribution in [3.63, 3.8) is 0 Å². The van der Waals surface area contributed by atoms with Crippen molar-refractivity contribution in [1.29, 1.82) is 0 Å². The van der Waals surface area contributed by atoms with Crippen molar-refractivity contribution in [3.05, 3.63) is 17.6 Å². The van der Waals surface area contributed by atoms with Gasteiger partial charge < -0.3 is 10.1 Å². The average molecular weight is 251 g/mol. The highest BCUT2D eigenvalue weighted by molar-refractivity contribution is 5.36. The molecule has 0 spiro atoms. The van der Waals surface area contributed by atoms with Crippen LogP contribution in [-0.4, -0.2) is 29.7 Å². The molecule has 0 bridgehead atoms. The maximum atomic E-state index is 5.43. The minimum absolute atomic E-state index is 0.360. The molecule has 0 atom stereocenters. The van der Waals surface area contributed by atoms with Gasteiger partial charge in [-0.05, 0) is 19.8 Å². The van der Waals surface area contributed by atoms with Gasteiger partial charge in [0.15, 0.2) is 0 Å². The summed E-state index contributed by atoms with van der Waals surface area (Å²) < 4.78 is 5.43. The molecule has 4 heteroatoms. The lowest BCUT2D eigenvalue weighted by molar-refractivity contribution is 0.134. The fourth-order valence-electron chi connectivity index (χ4n) is 1.58. The van der Waals surface area contributed by atoms with Gasteiger partial charge in [-0.15, -0.1) is 0 Å². The lowest BCUT2D eigenvalue weighted by atomic mass is 10.2. The number of hydrogen-bond donors (Lipinski definition) is 1. The molecule has 1 aromatic rings. The molecule has 0 aliphatic rings. The Balaban J connectivity index is 2.37. The number of hydrogen-bond acceptors (Lipinski definition) is 4. The van der Waals surface area contributed by atoms with Crippen molar-refractivity contribution in [1.82, 2.24) is 9.97 Å². The third-order valence-electron chi connectivity index (χ3n) is 2.51. The van der Waals surface area contributed by atoms with Gasteiger partial charge in [-0.1, -0.05) is 20.8 Å². The summed E-state index contributed by atoms with van der Waals surface area (Å²) in [6.07, 6.45) is 2.08. The van der Waals surface area contributed by atoms with Crippen LogP contribution in [0.3, 0.4) is 0 Å².